The third kappa shape index (κ3) is 13.2. The number of rotatable bonds is 11. The fourth-order valence-electron chi connectivity index (χ4n) is 4.84. The van der Waals surface area contributed by atoms with Gasteiger partial charge < -0.3 is 31.3 Å². The summed E-state index contributed by atoms with van der Waals surface area (Å²) < 4.78 is 0. The maximum atomic E-state index is 11.9. The number of anilines is 1. The number of carboxylic acid groups (broad SMARTS) is 5. The van der Waals surface area contributed by atoms with E-state index in [1.54, 1.807) is 48.8 Å². The first kappa shape index (κ1) is 34.4. The highest BCUT2D eigenvalue weighted by atomic mass is 16.4. The van der Waals surface area contributed by atoms with Gasteiger partial charge in [-0.25, -0.2) is 0 Å². The lowest BCUT2D eigenvalue weighted by Crippen LogP contribution is -2.47. The molecule has 42 heavy (non-hydrogen) atoms. The number of hydrogen-bond donors (Lipinski definition) is 6. The molecule has 1 atom stereocenters. The Morgan fingerprint density at radius 1 is 0.548 bits per heavy atom. The topological polar surface area (TPSA) is 229 Å². The Bertz CT molecular complexity index is 1070. The first-order chi connectivity index (χ1) is 19.8. The Morgan fingerprint density at radius 3 is 1.26 bits per heavy atom. The zero-order valence-corrected chi connectivity index (χ0v) is 23.4. The lowest BCUT2D eigenvalue weighted by molar-refractivity contribution is -0.141. The van der Waals surface area contributed by atoms with Gasteiger partial charge >= 0.3 is 29.8 Å². The van der Waals surface area contributed by atoms with E-state index in [9.17, 15) is 49.5 Å². The zero-order valence-electron chi connectivity index (χ0n) is 23.4. The van der Waals surface area contributed by atoms with Crippen LogP contribution in [0.3, 0.4) is 0 Å². The van der Waals surface area contributed by atoms with Crippen LogP contribution in [0.1, 0.15) is 11.6 Å². The van der Waals surface area contributed by atoms with Crippen LogP contribution in [0.4, 0.5) is 5.69 Å². The molecular weight excluding hydrogens is 556 g/mol. The predicted molar refractivity (Wildman–Crippen MR) is 149 cm³/mol. The number of aliphatic carboxylic acids is 5. The van der Waals surface area contributed by atoms with E-state index in [1.165, 1.54) is 0 Å². The minimum absolute atomic E-state index is 0.0779. The minimum atomic E-state index is -1.14. The first-order valence-corrected chi connectivity index (χ1v) is 13.4. The van der Waals surface area contributed by atoms with Gasteiger partial charge in [-0.1, -0.05) is 12.1 Å². The summed E-state index contributed by atoms with van der Waals surface area (Å²) in [4.78, 5) is 66.4. The average molecular weight is 597 g/mol. The highest BCUT2D eigenvalue weighted by Crippen LogP contribution is 2.24. The van der Waals surface area contributed by atoms with Crippen LogP contribution in [-0.2, 0) is 24.0 Å². The second-order valence-electron chi connectivity index (χ2n) is 10.2. The second-order valence-corrected chi connectivity index (χ2v) is 10.2. The van der Waals surface area contributed by atoms with Crippen molar-refractivity contribution in [3.05, 3.63) is 29.8 Å². The molecule has 16 heteroatoms. The number of nitrogens with zero attached hydrogens (tertiary/aromatic N) is 5. The summed E-state index contributed by atoms with van der Waals surface area (Å²) in [6.07, 6.45) is 0. The molecule has 1 aliphatic rings. The van der Waals surface area contributed by atoms with Crippen LogP contribution < -0.4 is 5.73 Å². The van der Waals surface area contributed by atoms with E-state index < -0.39 is 49.0 Å². The molecular formula is C26H40N6O10. The molecule has 1 heterocycles. The number of hydrogen-bond acceptors (Lipinski definition) is 11. The number of nitrogens with two attached hydrogens (primary N) is 1. The van der Waals surface area contributed by atoms with Gasteiger partial charge in [0.2, 0.25) is 0 Å². The van der Waals surface area contributed by atoms with Crippen molar-refractivity contribution in [3.8, 4) is 0 Å². The number of carbonyl (C=O) groups is 5. The van der Waals surface area contributed by atoms with E-state index in [1.807, 2.05) is 0 Å². The van der Waals surface area contributed by atoms with Crippen LogP contribution in [0.25, 0.3) is 0 Å². The van der Waals surface area contributed by atoms with Crippen molar-refractivity contribution in [2.75, 3.05) is 97.4 Å². The summed E-state index contributed by atoms with van der Waals surface area (Å²) in [6.45, 7) is -0.606. The van der Waals surface area contributed by atoms with Gasteiger partial charge in [0.1, 0.15) is 0 Å². The lowest BCUT2D eigenvalue weighted by Gasteiger charge is -2.36. The standard InChI is InChI=1S/C26H40N6O10/c27-20-3-1-19(2-4-20)21-13-31(17-25(39)40)10-9-29(15-23(35)36)6-5-28(14-22(33)34)7-8-30(16-24(37)38)11-12-32(21)18-26(41)42/h1-4,21H,5-18,27H2,(H,33,34)(H,35,36)(H,37,38)(H,39,40)(H,41,42). The second kappa shape index (κ2) is 17.2. The minimum Gasteiger partial charge on any atom is -0.480 e. The van der Waals surface area contributed by atoms with Gasteiger partial charge in [-0.15, -0.1) is 0 Å². The van der Waals surface area contributed by atoms with Crippen molar-refractivity contribution in [1.82, 2.24) is 24.5 Å². The number of nitrogen functional groups attached to an aromatic ring is 1. The molecule has 16 nitrogen and oxygen atoms in total. The van der Waals surface area contributed by atoms with Crippen LogP contribution in [0.2, 0.25) is 0 Å². The van der Waals surface area contributed by atoms with Crippen LogP contribution in [0, 0.1) is 0 Å². The van der Waals surface area contributed by atoms with Gasteiger partial charge in [0.25, 0.3) is 0 Å². The highest BCUT2D eigenvalue weighted by Gasteiger charge is 2.28. The molecule has 0 amide bonds. The molecule has 0 aromatic heterocycles. The van der Waals surface area contributed by atoms with E-state index in [0.717, 1.165) is 0 Å². The van der Waals surface area contributed by atoms with Crippen molar-refractivity contribution in [3.63, 3.8) is 0 Å². The molecule has 1 aliphatic heterocycles. The molecule has 0 radical (unpaired) electrons. The Labute approximate surface area is 243 Å². The van der Waals surface area contributed by atoms with Crippen molar-refractivity contribution in [1.29, 1.82) is 0 Å². The fraction of sp³-hybridized carbons (Fsp3) is 0.577. The molecule has 1 aromatic carbocycles. The Morgan fingerprint density at radius 2 is 0.881 bits per heavy atom. The van der Waals surface area contributed by atoms with Gasteiger partial charge in [-0.2, -0.15) is 0 Å². The van der Waals surface area contributed by atoms with E-state index in [2.05, 4.69) is 0 Å². The molecule has 1 fully saturated rings. The van der Waals surface area contributed by atoms with Gasteiger partial charge in [0, 0.05) is 70.6 Å². The molecule has 234 valence electrons. The van der Waals surface area contributed by atoms with E-state index in [4.69, 9.17) is 5.73 Å². The summed E-state index contributed by atoms with van der Waals surface area (Å²) in [6, 6.07) is 6.10. The zero-order chi connectivity index (χ0) is 31.2. The molecule has 1 saturated heterocycles. The smallest absolute Gasteiger partial charge is 0.317 e. The van der Waals surface area contributed by atoms with Gasteiger partial charge in [0.05, 0.1) is 32.7 Å². The summed E-state index contributed by atoms with van der Waals surface area (Å²) >= 11 is 0. The van der Waals surface area contributed by atoms with E-state index in [-0.39, 0.29) is 78.5 Å². The fourth-order valence-corrected chi connectivity index (χ4v) is 4.84. The third-order valence-corrected chi connectivity index (χ3v) is 6.87. The van der Waals surface area contributed by atoms with Crippen molar-refractivity contribution in [2.45, 2.75) is 6.04 Å². The van der Waals surface area contributed by atoms with E-state index >= 15 is 0 Å². The van der Waals surface area contributed by atoms with Crippen LogP contribution >= 0.6 is 0 Å². The average Bonchev–Trinajstić information content (AvgIpc) is 2.88. The molecule has 1 aromatic rings. The highest BCUT2D eigenvalue weighted by molar-refractivity contribution is 5.70. The predicted octanol–water partition coefficient (Wildman–Crippen LogP) is -1.74. The maximum Gasteiger partial charge on any atom is 0.317 e. The number of benzene rings is 1. The summed E-state index contributed by atoms with van der Waals surface area (Å²) in [5.41, 5.74) is 7.01. The first-order valence-electron chi connectivity index (χ1n) is 13.4. The van der Waals surface area contributed by atoms with Crippen LogP contribution in [-0.4, -0.2) is 172 Å². The quantitative estimate of drug-likeness (QED) is 0.156. The van der Waals surface area contributed by atoms with Crippen LogP contribution in [0.15, 0.2) is 24.3 Å². The molecule has 0 spiro atoms. The van der Waals surface area contributed by atoms with E-state index in [0.29, 0.717) is 11.3 Å². The normalized spacial score (nSPS) is 19.9. The molecule has 0 bridgehead atoms. The summed E-state index contributed by atoms with van der Waals surface area (Å²) in [5.74, 6) is -5.59. The van der Waals surface area contributed by atoms with Crippen molar-refractivity contribution >= 4 is 35.5 Å². The summed E-state index contributed by atoms with van der Waals surface area (Å²) in [7, 11) is 0. The SMILES string of the molecule is Nc1ccc(C2CN(CC(=O)O)CCN(CC(=O)O)CCN(CC(=O)O)CCN(CC(=O)O)CCN2CC(=O)O)cc1. The molecule has 7 N–H and O–H groups in total. The Hall–Kier alpha value is -3.83. The largest absolute Gasteiger partial charge is 0.480 e. The number of carboxylic acids is 5. The van der Waals surface area contributed by atoms with Crippen LogP contribution in [0.5, 0.6) is 0 Å². The Kier molecular flexibility index (Phi) is 14.1. The van der Waals surface area contributed by atoms with Gasteiger partial charge in [-0.3, -0.25) is 48.5 Å². The lowest BCUT2D eigenvalue weighted by atomic mass is 10.0. The maximum absolute atomic E-state index is 11.9. The molecule has 1 unspecified atom stereocenters. The molecule has 0 saturated carbocycles. The Balaban J connectivity index is 2.53. The van der Waals surface area contributed by atoms with Gasteiger partial charge in [0.15, 0.2) is 0 Å². The summed E-state index contributed by atoms with van der Waals surface area (Å²) in [5, 5.41) is 47.7. The van der Waals surface area contributed by atoms with Crippen molar-refractivity contribution in [2.24, 2.45) is 0 Å². The monoisotopic (exact) mass is 596 g/mol. The third-order valence-electron chi connectivity index (χ3n) is 6.87. The van der Waals surface area contributed by atoms with Crippen molar-refractivity contribution < 1.29 is 49.5 Å². The molecule has 0 aliphatic carbocycles. The molecule has 2 rings (SSSR count). The van der Waals surface area contributed by atoms with Gasteiger partial charge in [-0.05, 0) is 17.7 Å².